The first kappa shape index (κ1) is 22.8. The van der Waals surface area contributed by atoms with Gasteiger partial charge in [0.25, 0.3) is 11.8 Å². The average molecular weight is 437 g/mol. The first-order chi connectivity index (χ1) is 13.8. The summed E-state index contributed by atoms with van der Waals surface area (Å²) in [6, 6.07) is 5.01. The Morgan fingerprint density at radius 3 is 2.41 bits per heavy atom. The molecule has 0 aromatic heterocycles. The van der Waals surface area contributed by atoms with Crippen molar-refractivity contribution in [3.8, 4) is 23.7 Å². The summed E-state index contributed by atoms with van der Waals surface area (Å²) in [5, 5.41) is 20.2. The van der Waals surface area contributed by atoms with E-state index in [0.717, 1.165) is 11.8 Å². The molecule has 0 spiro atoms. The minimum absolute atomic E-state index is 0.0302. The minimum atomic E-state index is -3.28. The molecule has 1 heterocycles. The lowest BCUT2D eigenvalue weighted by molar-refractivity contribution is -0.131. The van der Waals surface area contributed by atoms with Gasteiger partial charge in [0.15, 0.2) is 9.84 Å². The Bertz CT molecular complexity index is 985. The summed E-state index contributed by atoms with van der Waals surface area (Å²) in [6.45, 7) is -0.0302. The van der Waals surface area contributed by atoms with Gasteiger partial charge in [-0.3, -0.25) is 14.8 Å². The molecule has 8 nitrogen and oxygen atoms in total. The molecule has 2 amide bonds. The first-order valence-corrected chi connectivity index (χ1v) is 11.5. The Labute approximate surface area is 173 Å². The van der Waals surface area contributed by atoms with E-state index < -0.39 is 32.4 Å². The van der Waals surface area contributed by atoms with Crippen molar-refractivity contribution in [3.63, 3.8) is 0 Å². The van der Waals surface area contributed by atoms with Crippen molar-refractivity contribution in [2.75, 3.05) is 24.4 Å². The lowest BCUT2D eigenvalue weighted by Crippen LogP contribution is -2.68. The van der Waals surface area contributed by atoms with Gasteiger partial charge in [0, 0.05) is 17.5 Å². The van der Waals surface area contributed by atoms with Crippen LogP contribution in [0.4, 0.5) is 0 Å². The maximum Gasteiger partial charge on any atom is 0.267 e. The normalized spacial score (nSPS) is 16.7. The zero-order valence-electron chi connectivity index (χ0n) is 15.6. The monoisotopic (exact) mass is 436 g/mol. The van der Waals surface area contributed by atoms with Gasteiger partial charge in [0.1, 0.15) is 6.04 Å². The summed E-state index contributed by atoms with van der Waals surface area (Å²) in [7, 11) is -3.28. The highest BCUT2D eigenvalue weighted by Crippen LogP contribution is 2.39. The van der Waals surface area contributed by atoms with E-state index in [1.54, 1.807) is 18.4 Å². The zero-order valence-corrected chi connectivity index (χ0v) is 17.2. The van der Waals surface area contributed by atoms with Crippen LogP contribution in [0.3, 0.4) is 0 Å². The smallest absolute Gasteiger partial charge is 0.267 e. The number of hydroxylamine groups is 1. The third kappa shape index (κ3) is 5.75. The zero-order chi connectivity index (χ0) is 21.5. The van der Waals surface area contributed by atoms with Crippen LogP contribution in [0.2, 0.25) is 0 Å². The molecule has 1 aromatic carbocycles. The summed E-state index contributed by atoms with van der Waals surface area (Å²) in [4.78, 5) is 24.7. The third-order valence-corrected chi connectivity index (χ3v) is 7.86. The van der Waals surface area contributed by atoms with Crippen LogP contribution >= 0.6 is 11.8 Å². The number of thioether (sulfide) groups is 1. The molecule has 10 heteroatoms. The van der Waals surface area contributed by atoms with Crippen LogP contribution in [0, 0.1) is 23.7 Å². The summed E-state index contributed by atoms with van der Waals surface area (Å²) >= 11 is 1.15. The predicted molar refractivity (Wildman–Crippen MR) is 109 cm³/mol. The van der Waals surface area contributed by atoms with Gasteiger partial charge in [-0.25, -0.2) is 13.9 Å². The second kappa shape index (κ2) is 9.81. The molecular weight excluding hydrogens is 416 g/mol. The number of benzene rings is 1. The summed E-state index contributed by atoms with van der Waals surface area (Å²) < 4.78 is 22.3. The molecule has 29 heavy (non-hydrogen) atoms. The summed E-state index contributed by atoms with van der Waals surface area (Å²) in [5.41, 5.74) is 2.36. The second-order valence-electron chi connectivity index (χ2n) is 6.29. The summed E-state index contributed by atoms with van der Waals surface area (Å²) in [5.74, 6) is 8.67. The molecule has 0 radical (unpaired) electrons. The van der Waals surface area contributed by atoms with Crippen molar-refractivity contribution in [2.24, 2.45) is 0 Å². The Kier molecular flexibility index (Phi) is 7.71. The Balaban J connectivity index is 2.14. The fourth-order valence-electron chi connectivity index (χ4n) is 2.79. The second-order valence-corrected chi connectivity index (χ2v) is 9.57. The molecule has 1 aromatic rings. The van der Waals surface area contributed by atoms with Crippen LogP contribution in [0.15, 0.2) is 24.3 Å². The molecular formula is C19H20N2O6S2. The van der Waals surface area contributed by atoms with Gasteiger partial charge >= 0.3 is 0 Å². The van der Waals surface area contributed by atoms with Crippen LogP contribution < -0.4 is 10.8 Å². The molecule has 0 bridgehead atoms. The number of carbonyl (C=O) groups is 2. The van der Waals surface area contributed by atoms with E-state index in [0.29, 0.717) is 12.0 Å². The Hall–Kier alpha value is -2.50. The number of hydrogen-bond donors (Lipinski definition) is 4. The standard InChI is InChI=1S/C19H20N2O6S2/c1-28-19(12-29(26,27)13-19)16(18(24)21-25)20-17(23)15-9-7-14(8-10-15)6-4-2-3-5-11-22/h7-10,16,22,25H,5,11-13H2,1H3,(H,20,23)(H,21,24). The van der Waals surface area contributed by atoms with E-state index in [9.17, 15) is 18.0 Å². The highest BCUT2D eigenvalue weighted by atomic mass is 32.2. The van der Waals surface area contributed by atoms with E-state index >= 15 is 0 Å². The highest BCUT2D eigenvalue weighted by Gasteiger charge is 2.56. The number of aliphatic hydroxyl groups is 1. The molecule has 1 aliphatic heterocycles. The van der Waals surface area contributed by atoms with Crippen LogP contribution in [0.25, 0.3) is 0 Å². The van der Waals surface area contributed by atoms with Gasteiger partial charge < -0.3 is 10.4 Å². The predicted octanol–water partition coefficient (Wildman–Crippen LogP) is -0.442. The quantitative estimate of drug-likeness (QED) is 0.270. The maximum absolute atomic E-state index is 12.6. The van der Waals surface area contributed by atoms with Gasteiger partial charge in [-0.1, -0.05) is 11.8 Å². The topological polar surface area (TPSA) is 133 Å². The van der Waals surface area contributed by atoms with Crippen LogP contribution in [0.5, 0.6) is 0 Å². The molecule has 1 aliphatic rings. The van der Waals surface area contributed by atoms with Crippen LogP contribution in [-0.2, 0) is 14.6 Å². The number of nitrogens with one attached hydrogen (secondary N) is 2. The minimum Gasteiger partial charge on any atom is -0.395 e. The van der Waals surface area contributed by atoms with E-state index in [-0.39, 0.29) is 23.7 Å². The SMILES string of the molecule is CSC1(C(NC(=O)c2ccc(C#CC#CCCO)cc2)C(=O)NO)CS(=O)(=O)C1. The lowest BCUT2D eigenvalue weighted by atomic mass is 10.00. The lowest BCUT2D eigenvalue weighted by Gasteiger charge is -2.44. The molecule has 1 unspecified atom stereocenters. The molecule has 154 valence electrons. The molecule has 2 rings (SSSR count). The van der Waals surface area contributed by atoms with Crippen molar-refractivity contribution < 1.29 is 28.3 Å². The number of rotatable bonds is 6. The van der Waals surface area contributed by atoms with Crippen molar-refractivity contribution in [1.82, 2.24) is 10.8 Å². The number of sulfone groups is 1. The van der Waals surface area contributed by atoms with Crippen LogP contribution in [0.1, 0.15) is 22.3 Å². The average Bonchev–Trinajstić information content (AvgIpc) is 2.69. The van der Waals surface area contributed by atoms with Gasteiger partial charge in [-0.2, -0.15) is 11.8 Å². The Morgan fingerprint density at radius 1 is 1.24 bits per heavy atom. The maximum atomic E-state index is 12.6. The van der Waals surface area contributed by atoms with Crippen LogP contribution in [-0.4, -0.2) is 65.7 Å². The Morgan fingerprint density at radius 2 is 1.90 bits per heavy atom. The molecule has 0 saturated carbocycles. The van der Waals surface area contributed by atoms with Crippen molar-refractivity contribution in [2.45, 2.75) is 17.2 Å². The molecule has 1 fully saturated rings. The van der Waals surface area contributed by atoms with E-state index in [2.05, 4.69) is 29.0 Å². The van der Waals surface area contributed by atoms with E-state index in [1.165, 1.54) is 17.6 Å². The molecule has 4 N–H and O–H groups in total. The highest BCUT2D eigenvalue weighted by molar-refractivity contribution is 8.04. The van der Waals surface area contributed by atoms with Gasteiger partial charge in [0.2, 0.25) is 0 Å². The van der Waals surface area contributed by atoms with Gasteiger partial charge in [0.05, 0.1) is 22.9 Å². The van der Waals surface area contributed by atoms with Crippen molar-refractivity contribution in [3.05, 3.63) is 35.4 Å². The molecule has 1 atom stereocenters. The fraction of sp³-hybridized carbons (Fsp3) is 0.368. The van der Waals surface area contributed by atoms with Gasteiger partial charge in [-0.05, 0) is 42.4 Å². The van der Waals surface area contributed by atoms with Crippen molar-refractivity contribution in [1.29, 1.82) is 0 Å². The fourth-order valence-corrected chi connectivity index (χ4v) is 6.95. The summed E-state index contributed by atoms with van der Waals surface area (Å²) in [6.07, 6.45) is 1.99. The van der Waals surface area contributed by atoms with Crippen molar-refractivity contribution >= 4 is 33.4 Å². The molecule has 0 aliphatic carbocycles. The van der Waals surface area contributed by atoms with E-state index in [4.69, 9.17) is 10.3 Å². The number of amides is 2. The van der Waals surface area contributed by atoms with Gasteiger partial charge in [-0.15, -0.1) is 0 Å². The number of hydrogen-bond acceptors (Lipinski definition) is 7. The number of carbonyl (C=O) groups excluding carboxylic acids is 2. The number of aliphatic hydroxyl groups excluding tert-OH is 1. The largest absolute Gasteiger partial charge is 0.395 e. The first-order valence-electron chi connectivity index (χ1n) is 8.47. The third-order valence-electron chi connectivity index (χ3n) is 4.25. The molecule has 1 saturated heterocycles. The van der Waals surface area contributed by atoms with E-state index in [1.807, 2.05) is 0 Å².